The fourth-order valence-electron chi connectivity index (χ4n) is 4.86. The van der Waals surface area contributed by atoms with Crippen LogP contribution in [0.15, 0.2) is 46.4 Å². The lowest BCUT2D eigenvalue weighted by molar-refractivity contribution is -0.150. The van der Waals surface area contributed by atoms with E-state index in [0.717, 1.165) is 49.0 Å². The molecule has 0 aliphatic heterocycles. The summed E-state index contributed by atoms with van der Waals surface area (Å²) >= 11 is 1.08. The summed E-state index contributed by atoms with van der Waals surface area (Å²) in [7, 11) is 0. The molecule has 242 valence electrons. The summed E-state index contributed by atoms with van der Waals surface area (Å²) in [5.41, 5.74) is 6.98. The second-order valence-corrected chi connectivity index (χ2v) is 11.7. The number of hydrogen-bond donors (Lipinski definition) is 4. The van der Waals surface area contributed by atoms with E-state index in [1.54, 1.807) is 0 Å². The molecule has 13 nitrogen and oxygen atoms in total. The topological polar surface area (TPSA) is 196 Å². The Balaban J connectivity index is 1.23. The molecule has 0 bridgehead atoms. The van der Waals surface area contributed by atoms with Crippen LogP contribution in [0.3, 0.4) is 0 Å². The molecule has 1 aliphatic rings. The fraction of sp³-hybridized carbons (Fsp3) is 0.484. The Kier molecular flexibility index (Phi) is 12.9. The van der Waals surface area contributed by atoms with E-state index in [4.69, 9.17) is 19.6 Å². The molecule has 0 radical (unpaired) electrons. The quantitative estimate of drug-likeness (QED) is 0.121. The highest BCUT2D eigenvalue weighted by molar-refractivity contribution is 7.09. The third-order valence-electron chi connectivity index (χ3n) is 7.33. The van der Waals surface area contributed by atoms with Crippen molar-refractivity contribution in [1.82, 2.24) is 20.6 Å². The number of thiazole rings is 1. The highest BCUT2D eigenvalue weighted by atomic mass is 32.1. The summed E-state index contributed by atoms with van der Waals surface area (Å²) in [5.74, 6) is -1.95. The van der Waals surface area contributed by atoms with Crippen molar-refractivity contribution >= 4 is 35.3 Å². The molecule has 1 fully saturated rings. The van der Waals surface area contributed by atoms with Gasteiger partial charge in [-0.1, -0.05) is 36.8 Å². The van der Waals surface area contributed by atoms with E-state index in [9.17, 15) is 24.3 Å². The Hall–Kier alpha value is -4.30. The molecule has 1 saturated carbocycles. The molecule has 2 atom stereocenters. The van der Waals surface area contributed by atoms with Crippen LogP contribution in [0.4, 0.5) is 4.79 Å². The van der Waals surface area contributed by atoms with Gasteiger partial charge in [-0.15, -0.1) is 11.3 Å². The molecule has 3 aromatic rings. The van der Waals surface area contributed by atoms with Crippen LogP contribution in [-0.4, -0.2) is 51.7 Å². The molecule has 0 spiro atoms. The van der Waals surface area contributed by atoms with E-state index in [1.165, 1.54) is 11.6 Å². The van der Waals surface area contributed by atoms with Crippen molar-refractivity contribution in [3.05, 3.63) is 69.8 Å². The maximum Gasteiger partial charge on any atom is 0.407 e. The summed E-state index contributed by atoms with van der Waals surface area (Å²) < 4.78 is 16.3. The van der Waals surface area contributed by atoms with E-state index in [0.29, 0.717) is 30.8 Å². The lowest BCUT2D eigenvalue weighted by Crippen LogP contribution is -2.30. The summed E-state index contributed by atoms with van der Waals surface area (Å²) in [6.45, 7) is 0.605. The molecule has 2 amide bonds. The van der Waals surface area contributed by atoms with Gasteiger partial charge in [0.05, 0.1) is 12.1 Å². The Bertz CT molecular complexity index is 1410. The van der Waals surface area contributed by atoms with Crippen LogP contribution in [0.25, 0.3) is 0 Å². The Morgan fingerprint density at radius 1 is 1.04 bits per heavy atom. The number of aromatic nitrogens is 2. The number of carboxylic acid groups (broad SMARTS) is 1. The predicted molar refractivity (Wildman–Crippen MR) is 163 cm³/mol. The number of unbranched alkanes of at least 4 members (excludes halogenated alkanes) is 1. The minimum absolute atomic E-state index is 0.00641. The average molecular weight is 642 g/mol. The number of carboxylic acids is 1. The Morgan fingerprint density at radius 2 is 1.82 bits per heavy atom. The van der Waals surface area contributed by atoms with Crippen molar-refractivity contribution in [2.45, 2.75) is 89.0 Å². The lowest BCUT2D eigenvalue weighted by Gasteiger charge is -2.22. The maximum absolute atomic E-state index is 13.1. The molecule has 2 aromatic heterocycles. The van der Waals surface area contributed by atoms with Gasteiger partial charge in [0.1, 0.15) is 24.0 Å². The van der Waals surface area contributed by atoms with Gasteiger partial charge in [-0.05, 0) is 56.9 Å². The van der Waals surface area contributed by atoms with Gasteiger partial charge in [0.2, 0.25) is 5.89 Å². The summed E-state index contributed by atoms with van der Waals surface area (Å²) in [5, 5.41) is 16.5. The smallest absolute Gasteiger partial charge is 0.407 e. The first-order valence-corrected chi connectivity index (χ1v) is 16.0. The minimum atomic E-state index is -1.19. The van der Waals surface area contributed by atoms with Crippen LogP contribution in [0.5, 0.6) is 0 Å². The second-order valence-electron chi connectivity index (χ2n) is 10.9. The van der Waals surface area contributed by atoms with Gasteiger partial charge >= 0.3 is 18.0 Å². The first-order valence-electron chi connectivity index (χ1n) is 15.1. The zero-order valence-electron chi connectivity index (χ0n) is 24.9. The van der Waals surface area contributed by atoms with Crippen LogP contribution in [0.2, 0.25) is 0 Å². The van der Waals surface area contributed by atoms with Gasteiger partial charge in [-0.2, -0.15) is 0 Å². The number of esters is 1. The van der Waals surface area contributed by atoms with Gasteiger partial charge in [-0.3, -0.25) is 9.59 Å². The number of amides is 2. The largest absolute Gasteiger partial charge is 0.476 e. The summed E-state index contributed by atoms with van der Waals surface area (Å²) in [6.07, 6.45) is 7.52. The van der Waals surface area contributed by atoms with E-state index in [2.05, 4.69) is 20.6 Å². The molecule has 14 heteroatoms. The Morgan fingerprint density at radius 3 is 2.56 bits per heavy atom. The monoisotopic (exact) mass is 641 g/mol. The lowest BCUT2D eigenvalue weighted by atomic mass is 9.98. The normalized spacial score (nSPS) is 14.7. The van der Waals surface area contributed by atoms with Crippen molar-refractivity contribution in [2.75, 3.05) is 6.54 Å². The number of nitrogens with zero attached hydrogens (tertiary/aromatic N) is 2. The number of hydrogen-bond acceptors (Lipinski definition) is 11. The fourth-order valence-corrected chi connectivity index (χ4v) is 5.74. The van der Waals surface area contributed by atoms with Crippen LogP contribution >= 0.6 is 11.3 Å². The first kappa shape index (κ1) is 33.6. The number of nitrogens with one attached hydrogen (secondary N) is 2. The highest BCUT2D eigenvalue weighted by Gasteiger charge is 2.25. The van der Waals surface area contributed by atoms with Gasteiger partial charge in [0.15, 0.2) is 11.4 Å². The summed E-state index contributed by atoms with van der Waals surface area (Å²) in [6, 6.07) is 8.08. The molecule has 2 heterocycles. The number of benzene rings is 1. The van der Waals surface area contributed by atoms with Gasteiger partial charge in [-0.25, -0.2) is 19.6 Å². The second kappa shape index (κ2) is 17.3. The van der Waals surface area contributed by atoms with Crippen LogP contribution in [0.1, 0.15) is 114 Å². The molecule has 0 unspecified atom stereocenters. The van der Waals surface area contributed by atoms with Crippen molar-refractivity contribution in [2.24, 2.45) is 5.73 Å². The summed E-state index contributed by atoms with van der Waals surface area (Å²) in [4.78, 5) is 57.2. The van der Waals surface area contributed by atoms with E-state index in [1.807, 2.05) is 30.3 Å². The highest BCUT2D eigenvalue weighted by Crippen LogP contribution is 2.26. The number of alkyl carbamates (subject to hydrolysis) is 1. The number of carbonyl (C=O) groups is 4. The van der Waals surface area contributed by atoms with Gasteiger partial charge < -0.3 is 35.4 Å². The number of carbonyl (C=O) groups excluding carboxylic acids is 3. The minimum Gasteiger partial charge on any atom is -0.476 e. The molecule has 4 rings (SSSR count). The number of oxazole rings is 1. The molecular weight excluding hydrogens is 602 g/mol. The van der Waals surface area contributed by atoms with Crippen LogP contribution in [-0.2, 0) is 20.9 Å². The predicted octanol–water partition coefficient (Wildman–Crippen LogP) is 5.05. The third-order valence-corrected chi connectivity index (χ3v) is 8.29. The maximum atomic E-state index is 13.1. The molecule has 45 heavy (non-hydrogen) atoms. The number of rotatable bonds is 16. The number of nitrogens with two attached hydrogens (primary N) is 1. The molecule has 1 aromatic carbocycles. The molecule has 1 aliphatic carbocycles. The standard InChI is InChI=1S/C31H39N5O8S/c32-22(13-7-8-16-33-31(41)43-17-20-9-3-1-4-10-20)28-35-24(18-42-28)27(38)34-23(29-36-25(19-45-29)30(39)40)14-15-26(37)44-21-11-5-2-6-12-21/h1,3-4,9-10,18-19,21-23H,2,5-8,11-17,32H2,(H,33,41)(H,34,38)(H,39,40)/t22-,23-/m0/s1. The van der Waals surface area contributed by atoms with E-state index >= 15 is 0 Å². The Labute approximate surface area is 264 Å². The zero-order chi connectivity index (χ0) is 32.0. The van der Waals surface area contributed by atoms with Crippen molar-refractivity contribution in [3.63, 3.8) is 0 Å². The molecule has 5 N–H and O–H groups in total. The number of ether oxygens (including phenoxy) is 2. The van der Waals surface area contributed by atoms with Crippen molar-refractivity contribution in [1.29, 1.82) is 0 Å². The van der Waals surface area contributed by atoms with E-state index in [-0.39, 0.29) is 48.8 Å². The van der Waals surface area contributed by atoms with Gasteiger partial charge in [0, 0.05) is 18.3 Å². The first-order chi connectivity index (χ1) is 21.8. The SMILES string of the molecule is N[C@@H](CCCCNC(=O)OCc1ccccc1)c1nc(C(=O)N[C@@H](CCC(=O)OC2CCCCC2)c2nc(C(=O)O)cs2)co1. The van der Waals surface area contributed by atoms with Crippen molar-refractivity contribution < 1.29 is 38.2 Å². The van der Waals surface area contributed by atoms with Gasteiger partial charge in [0.25, 0.3) is 5.91 Å². The van der Waals surface area contributed by atoms with Crippen molar-refractivity contribution in [3.8, 4) is 0 Å². The van der Waals surface area contributed by atoms with Crippen LogP contribution < -0.4 is 16.4 Å². The van der Waals surface area contributed by atoms with E-state index < -0.39 is 30.1 Å². The molecular formula is C31H39N5O8S. The number of aromatic carboxylic acids is 1. The van der Waals surface area contributed by atoms with Crippen LogP contribution in [0, 0.1) is 0 Å². The third kappa shape index (κ3) is 11.0. The average Bonchev–Trinajstić information content (AvgIpc) is 3.74. The molecule has 0 saturated heterocycles. The zero-order valence-corrected chi connectivity index (χ0v) is 25.8.